The standard InChI is InChI=1S/C23H18N2O3S/c26-18-12-10-17(11-13-18)21(27)15-29-23-24-20-9-5-4-8-19(20)22(28)25(23)14-16-6-2-1-3-7-16/h1-13,26H,14-15H2. The van der Waals surface area contributed by atoms with Gasteiger partial charge in [-0.2, -0.15) is 0 Å². The fourth-order valence-electron chi connectivity index (χ4n) is 3.02. The number of rotatable bonds is 6. The molecular weight excluding hydrogens is 384 g/mol. The Morgan fingerprint density at radius 2 is 1.62 bits per heavy atom. The van der Waals surface area contributed by atoms with Crippen LogP contribution in [0.1, 0.15) is 15.9 Å². The van der Waals surface area contributed by atoms with Gasteiger partial charge < -0.3 is 5.11 Å². The summed E-state index contributed by atoms with van der Waals surface area (Å²) >= 11 is 1.24. The molecule has 4 rings (SSSR count). The molecule has 1 heterocycles. The summed E-state index contributed by atoms with van der Waals surface area (Å²) < 4.78 is 1.62. The zero-order valence-electron chi connectivity index (χ0n) is 15.5. The summed E-state index contributed by atoms with van der Waals surface area (Å²) in [7, 11) is 0. The number of thioether (sulfide) groups is 1. The molecule has 0 saturated carbocycles. The van der Waals surface area contributed by atoms with Crippen molar-refractivity contribution >= 4 is 28.4 Å². The van der Waals surface area contributed by atoms with Crippen LogP contribution in [0.5, 0.6) is 5.75 Å². The number of hydrogen-bond donors (Lipinski definition) is 1. The number of aromatic hydroxyl groups is 1. The fraction of sp³-hybridized carbons (Fsp3) is 0.0870. The number of para-hydroxylation sites is 1. The number of phenols is 1. The molecule has 4 aromatic rings. The van der Waals surface area contributed by atoms with Gasteiger partial charge in [0.2, 0.25) is 0 Å². The van der Waals surface area contributed by atoms with Gasteiger partial charge in [0.15, 0.2) is 10.9 Å². The average molecular weight is 402 g/mol. The lowest BCUT2D eigenvalue weighted by Crippen LogP contribution is -2.24. The number of aromatic nitrogens is 2. The van der Waals surface area contributed by atoms with E-state index >= 15 is 0 Å². The van der Waals surface area contributed by atoms with E-state index in [4.69, 9.17) is 0 Å². The summed E-state index contributed by atoms with van der Waals surface area (Å²) in [5.41, 5.74) is 1.98. The van der Waals surface area contributed by atoms with E-state index in [2.05, 4.69) is 4.98 Å². The molecule has 0 aliphatic heterocycles. The zero-order valence-corrected chi connectivity index (χ0v) is 16.3. The van der Waals surface area contributed by atoms with Crippen LogP contribution in [0.4, 0.5) is 0 Å². The largest absolute Gasteiger partial charge is 0.508 e. The highest BCUT2D eigenvalue weighted by Crippen LogP contribution is 2.21. The van der Waals surface area contributed by atoms with E-state index in [1.165, 1.54) is 23.9 Å². The van der Waals surface area contributed by atoms with Crippen molar-refractivity contribution in [3.63, 3.8) is 0 Å². The van der Waals surface area contributed by atoms with Gasteiger partial charge in [-0.25, -0.2) is 4.98 Å². The van der Waals surface area contributed by atoms with Crippen molar-refractivity contribution in [3.8, 4) is 5.75 Å². The molecule has 3 aromatic carbocycles. The van der Waals surface area contributed by atoms with Gasteiger partial charge in [0.25, 0.3) is 5.56 Å². The Bertz CT molecular complexity index is 1220. The van der Waals surface area contributed by atoms with Crippen LogP contribution in [0.3, 0.4) is 0 Å². The molecular formula is C23H18N2O3S. The van der Waals surface area contributed by atoms with Crippen LogP contribution in [0, 0.1) is 0 Å². The van der Waals surface area contributed by atoms with Gasteiger partial charge >= 0.3 is 0 Å². The first kappa shape index (κ1) is 19.0. The molecule has 0 spiro atoms. The molecule has 0 unspecified atom stereocenters. The summed E-state index contributed by atoms with van der Waals surface area (Å²) in [6.07, 6.45) is 0. The van der Waals surface area contributed by atoms with Gasteiger partial charge in [0, 0.05) is 5.56 Å². The summed E-state index contributed by atoms with van der Waals surface area (Å²) in [6.45, 7) is 0.382. The van der Waals surface area contributed by atoms with Crippen molar-refractivity contribution in [3.05, 3.63) is 100 Å². The molecule has 144 valence electrons. The molecule has 0 fully saturated rings. The summed E-state index contributed by atoms with van der Waals surface area (Å²) in [4.78, 5) is 30.3. The van der Waals surface area contributed by atoms with Crippen LogP contribution in [0.2, 0.25) is 0 Å². The maximum absolute atomic E-state index is 13.1. The second-order valence-corrected chi connectivity index (χ2v) is 7.49. The third-order valence-corrected chi connectivity index (χ3v) is 5.51. The number of Topliss-reactive ketones (excluding diaryl/α,β-unsaturated/α-hetero) is 1. The van der Waals surface area contributed by atoms with Crippen LogP contribution >= 0.6 is 11.8 Å². The highest BCUT2D eigenvalue weighted by atomic mass is 32.2. The van der Waals surface area contributed by atoms with Gasteiger partial charge in [-0.05, 0) is 42.0 Å². The predicted octanol–water partition coefficient (Wildman–Crippen LogP) is 4.13. The Balaban J connectivity index is 1.68. The van der Waals surface area contributed by atoms with Crippen molar-refractivity contribution in [2.24, 2.45) is 0 Å². The van der Waals surface area contributed by atoms with Gasteiger partial charge in [-0.1, -0.05) is 54.2 Å². The van der Waals surface area contributed by atoms with Crippen molar-refractivity contribution in [2.45, 2.75) is 11.7 Å². The fourth-order valence-corrected chi connectivity index (χ4v) is 3.92. The quantitative estimate of drug-likeness (QED) is 0.298. The molecule has 0 atom stereocenters. The highest BCUT2D eigenvalue weighted by Gasteiger charge is 2.14. The minimum Gasteiger partial charge on any atom is -0.508 e. The van der Waals surface area contributed by atoms with Crippen LogP contribution < -0.4 is 5.56 Å². The molecule has 1 aromatic heterocycles. The molecule has 0 amide bonds. The summed E-state index contributed by atoms with van der Waals surface area (Å²) in [5, 5.41) is 10.4. The van der Waals surface area contributed by atoms with Gasteiger partial charge in [-0.3, -0.25) is 14.2 Å². The number of ketones is 1. The highest BCUT2D eigenvalue weighted by molar-refractivity contribution is 7.99. The van der Waals surface area contributed by atoms with Crippen molar-refractivity contribution in [1.29, 1.82) is 0 Å². The number of phenolic OH excluding ortho intramolecular Hbond substituents is 1. The molecule has 29 heavy (non-hydrogen) atoms. The first-order valence-corrected chi connectivity index (χ1v) is 10.1. The lowest BCUT2D eigenvalue weighted by atomic mass is 10.1. The van der Waals surface area contributed by atoms with E-state index in [0.29, 0.717) is 28.2 Å². The summed E-state index contributed by atoms with van der Waals surface area (Å²) in [6, 6.07) is 23.1. The first-order valence-electron chi connectivity index (χ1n) is 9.10. The minimum atomic E-state index is -0.126. The van der Waals surface area contributed by atoms with E-state index in [-0.39, 0.29) is 22.8 Å². The van der Waals surface area contributed by atoms with Crippen molar-refractivity contribution in [1.82, 2.24) is 9.55 Å². The lowest BCUT2D eigenvalue weighted by Gasteiger charge is -2.13. The Kier molecular flexibility index (Phi) is 5.44. The number of hydrogen-bond acceptors (Lipinski definition) is 5. The Labute approximate surface area is 171 Å². The molecule has 0 aliphatic carbocycles. The maximum Gasteiger partial charge on any atom is 0.262 e. The molecule has 0 saturated heterocycles. The predicted molar refractivity (Wildman–Crippen MR) is 115 cm³/mol. The van der Waals surface area contributed by atoms with Crippen molar-refractivity contribution < 1.29 is 9.90 Å². The van der Waals surface area contributed by atoms with Crippen LogP contribution in [-0.2, 0) is 6.54 Å². The third kappa shape index (κ3) is 4.22. The molecule has 5 nitrogen and oxygen atoms in total. The van der Waals surface area contributed by atoms with Gasteiger partial charge in [-0.15, -0.1) is 0 Å². The number of nitrogens with zero attached hydrogens (tertiary/aromatic N) is 2. The van der Waals surface area contributed by atoms with Crippen molar-refractivity contribution in [2.75, 3.05) is 5.75 Å². The van der Waals surface area contributed by atoms with Gasteiger partial charge in [0.1, 0.15) is 5.75 Å². The van der Waals surface area contributed by atoms with E-state index in [0.717, 1.165) is 5.56 Å². The molecule has 0 radical (unpaired) electrons. The van der Waals surface area contributed by atoms with E-state index < -0.39 is 0 Å². The third-order valence-electron chi connectivity index (χ3n) is 4.53. The van der Waals surface area contributed by atoms with E-state index in [1.807, 2.05) is 42.5 Å². The second-order valence-electron chi connectivity index (χ2n) is 6.55. The Hall–Kier alpha value is -3.38. The Morgan fingerprint density at radius 3 is 2.38 bits per heavy atom. The number of fused-ring (bicyclic) bond motifs is 1. The molecule has 0 aliphatic rings. The van der Waals surface area contributed by atoms with Gasteiger partial charge in [0.05, 0.1) is 23.2 Å². The number of carbonyl (C=O) groups is 1. The van der Waals surface area contributed by atoms with E-state index in [9.17, 15) is 14.7 Å². The molecule has 1 N–H and O–H groups in total. The maximum atomic E-state index is 13.1. The average Bonchev–Trinajstić information content (AvgIpc) is 2.75. The number of carbonyl (C=O) groups excluding carboxylic acids is 1. The molecule has 6 heteroatoms. The zero-order chi connectivity index (χ0) is 20.2. The van der Waals surface area contributed by atoms with Crippen LogP contribution in [0.15, 0.2) is 88.8 Å². The summed E-state index contributed by atoms with van der Waals surface area (Å²) in [5.74, 6) is 0.162. The first-order chi connectivity index (χ1) is 14.1. The van der Waals surface area contributed by atoms with Crippen LogP contribution in [-0.4, -0.2) is 26.2 Å². The normalized spacial score (nSPS) is 10.9. The number of benzene rings is 3. The van der Waals surface area contributed by atoms with E-state index in [1.54, 1.807) is 28.8 Å². The topological polar surface area (TPSA) is 72.2 Å². The SMILES string of the molecule is O=C(CSc1nc2ccccc2c(=O)n1Cc1ccccc1)c1ccc(O)cc1. The second kappa shape index (κ2) is 8.32. The monoisotopic (exact) mass is 402 g/mol. The molecule has 0 bridgehead atoms. The van der Waals surface area contributed by atoms with Crippen LogP contribution in [0.25, 0.3) is 10.9 Å². The Morgan fingerprint density at radius 1 is 0.931 bits per heavy atom. The minimum absolute atomic E-state index is 0.0938. The lowest BCUT2D eigenvalue weighted by molar-refractivity contribution is 0.102. The smallest absolute Gasteiger partial charge is 0.262 e.